The molecule has 1 saturated heterocycles. The molecular weight excluding hydrogens is 398 g/mol. The largest absolute Gasteiger partial charge is 0.463 e. The van der Waals surface area contributed by atoms with Crippen molar-refractivity contribution < 1.29 is 14.6 Å². The van der Waals surface area contributed by atoms with Crippen LogP contribution in [-0.4, -0.2) is 35.7 Å². The first-order valence-electron chi connectivity index (χ1n) is 12.3. The van der Waals surface area contributed by atoms with Gasteiger partial charge in [-0.05, 0) is 56.8 Å². The highest BCUT2D eigenvalue weighted by Gasteiger charge is 2.47. The topological polar surface area (TPSA) is 49.8 Å². The Morgan fingerprint density at radius 2 is 1.47 bits per heavy atom. The molecule has 4 nitrogen and oxygen atoms in total. The van der Waals surface area contributed by atoms with Crippen LogP contribution in [0.15, 0.2) is 60.7 Å². The number of benzene rings is 2. The van der Waals surface area contributed by atoms with Crippen LogP contribution >= 0.6 is 0 Å². The van der Waals surface area contributed by atoms with E-state index in [2.05, 4.69) is 36.1 Å². The van der Waals surface area contributed by atoms with Gasteiger partial charge in [0.05, 0.1) is 6.61 Å². The second kappa shape index (κ2) is 10.2. The summed E-state index contributed by atoms with van der Waals surface area (Å²) in [5, 5.41) is 11.7. The molecule has 2 aliphatic rings. The summed E-state index contributed by atoms with van der Waals surface area (Å²) in [6.45, 7) is 4.68. The molecule has 1 N–H and O–H groups in total. The standard InChI is InChI=1S/C28H37NO3/c1-27(29-20-11-12-21-29,23-13-5-2-6-14-23)19-22-32-26(30)28(31,24-15-7-3-8-16-24)25-17-9-4-10-18-25/h2-3,5-8,13-16,25,31H,4,9-12,17-22H2,1H3/t27-,28?/m1/s1. The van der Waals surface area contributed by atoms with Crippen LogP contribution in [0.25, 0.3) is 0 Å². The van der Waals surface area contributed by atoms with Crippen LogP contribution in [0, 0.1) is 5.92 Å². The second-order valence-corrected chi connectivity index (χ2v) is 9.69. The van der Waals surface area contributed by atoms with E-state index in [-0.39, 0.29) is 11.5 Å². The zero-order chi connectivity index (χ0) is 22.4. The minimum atomic E-state index is -1.57. The van der Waals surface area contributed by atoms with E-state index in [1.807, 2.05) is 36.4 Å². The van der Waals surface area contributed by atoms with Crippen molar-refractivity contribution in [3.8, 4) is 0 Å². The van der Waals surface area contributed by atoms with E-state index in [4.69, 9.17) is 4.74 Å². The number of hydrogen-bond donors (Lipinski definition) is 1. The summed E-state index contributed by atoms with van der Waals surface area (Å²) in [6, 6.07) is 19.9. The minimum absolute atomic E-state index is 0.0924. The molecule has 1 aliphatic carbocycles. The highest BCUT2D eigenvalue weighted by molar-refractivity contribution is 5.81. The Kier molecular flexibility index (Phi) is 7.32. The van der Waals surface area contributed by atoms with Gasteiger partial charge in [-0.15, -0.1) is 0 Å². The van der Waals surface area contributed by atoms with Gasteiger partial charge in [0.25, 0.3) is 0 Å². The molecule has 0 radical (unpaired) electrons. The normalized spacial score (nSPS) is 21.6. The first-order valence-corrected chi connectivity index (χ1v) is 12.3. The van der Waals surface area contributed by atoms with E-state index in [1.54, 1.807) is 0 Å². The SMILES string of the molecule is C[C@@](CCOC(=O)C(O)(c1ccccc1)C1CCCCC1)(c1ccccc1)N1CCCC1. The number of carbonyl (C=O) groups is 1. The van der Waals surface area contributed by atoms with Gasteiger partial charge in [0, 0.05) is 17.9 Å². The van der Waals surface area contributed by atoms with E-state index in [9.17, 15) is 9.90 Å². The number of carbonyl (C=O) groups excluding carboxylic acids is 1. The molecule has 0 aromatic heterocycles. The molecular formula is C28H37NO3. The molecule has 1 aliphatic heterocycles. The van der Waals surface area contributed by atoms with Crippen molar-refractivity contribution in [2.75, 3.05) is 19.7 Å². The quantitative estimate of drug-likeness (QED) is 0.564. The van der Waals surface area contributed by atoms with Gasteiger partial charge in [-0.2, -0.15) is 0 Å². The highest BCUT2D eigenvalue weighted by Crippen LogP contribution is 2.41. The van der Waals surface area contributed by atoms with Crippen molar-refractivity contribution in [3.05, 3.63) is 71.8 Å². The van der Waals surface area contributed by atoms with Gasteiger partial charge in [-0.3, -0.25) is 4.90 Å². The van der Waals surface area contributed by atoms with Gasteiger partial charge in [-0.1, -0.05) is 79.9 Å². The van der Waals surface area contributed by atoms with Crippen LogP contribution in [0.3, 0.4) is 0 Å². The van der Waals surface area contributed by atoms with Gasteiger partial charge >= 0.3 is 5.97 Å². The fourth-order valence-corrected chi connectivity index (χ4v) is 5.68. The van der Waals surface area contributed by atoms with Crippen molar-refractivity contribution >= 4 is 5.97 Å². The number of rotatable bonds is 8. The van der Waals surface area contributed by atoms with Crippen LogP contribution in [0.5, 0.6) is 0 Å². The molecule has 0 amide bonds. The molecule has 32 heavy (non-hydrogen) atoms. The maximum Gasteiger partial charge on any atom is 0.343 e. The van der Waals surface area contributed by atoms with E-state index in [0.717, 1.165) is 38.8 Å². The molecule has 2 aromatic carbocycles. The number of likely N-dealkylation sites (tertiary alicyclic amines) is 1. The fraction of sp³-hybridized carbons (Fsp3) is 0.536. The molecule has 4 rings (SSSR count). The van der Waals surface area contributed by atoms with Crippen LogP contribution in [0.2, 0.25) is 0 Å². The Morgan fingerprint density at radius 1 is 0.906 bits per heavy atom. The van der Waals surface area contributed by atoms with E-state index in [1.165, 1.54) is 24.8 Å². The molecule has 172 valence electrons. The third kappa shape index (κ3) is 4.62. The predicted octanol–water partition coefficient (Wildman–Crippen LogP) is 5.40. The highest BCUT2D eigenvalue weighted by atomic mass is 16.5. The Balaban J connectivity index is 1.51. The monoisotopic (exact) mass is 435 g/mol. The Bertz CT molecular complexity index is 859. The van der Waals surface area contributed by atoms with Gasteiger partial charge in [0.1, 0.15) is 0 Å². The Labute approximate surface area is 192 Å². The van der Waals surface area contributed by atoms with Crippen molar-refractivity contribution in [1.29, 1.82) is 0 Å². The fourth-order valence-electron chi connectivity index (χ4n) is 5.68. The van der Waals surface area contributed by atoms with Crippen molar-refractivity contribution in [1.82, 2.24) is 4.90 Å². The smallest absolute Gasteiger partial charge is 0.343 e. The molecule has 1 saturated carbocycles. The van der Waals surface area contributed by atoms with E-state index < -0.39 is 11.6 Å². The van der Waals surface area contributed by atoms with E-state index >= 15 is 0 Å². The summed E-state index contributed by atoms with van der Waals surface area (Å²) in [5.41, 5.74) is 0.150. The lowest BCUT2D eigenvalue weighted by Gasteiger charge is -2.40. The Hall–Kier alpha value is -2.17. The van der Waals surface area contributed by atoms with Crippen molar-refractivity contribution in [3.63, 3.8) is 0 Å². The summed E-state index contributed by atoms with van der Waals surface area (Å²) >= 11 is 0. The van der Waals surface area contributed by atoms with Gasteiger partial charge < -0.3 is 9.84 Å². The molecule has 4 heteroatoms. The number of esters is 1. The third-order valence-electron chi connectivity index (χ3n) is 7.74. The van der Waals surface area contributed by atoms with Crippen LogP contribution in [0.4, 0.5) is 0 Å². The number of hydrogen-bond acceptors (Lipinski definition) is 4. The lowest BCUT2D eigenvalue weighted by molar-refractivity contribution is -0.176. The lowest BCUT2D eigenvalue weighted by Crippen LogP contribution is -2.46. The van der Waals surface area contributed by atoms with Gasteiger partial charge in [-0.25, -0.2) is 4.79 Å². The summed E-state index contributed by atoms with van der Waals surface area (Å²) in [6.07, 6.45) is 8.10. The number of ether oxygens (including phenoxy) is 1. The number of aliphatic hydroxyl groups is 1. The second-order valence-electron chi connectivity index (χ2n) is 9.69. The average Bonchev–Trinajstić information content (AvgIpc) is 3.41. The lowest BCUT2D eigenvalue weighted by atomic mass is 9.73. The van der Waals surface area contributed by atoms with Crippen LogP contribution in [0.1, 0.15) is 69.4 Å². The first kappa shape index (κ1) is 23.0. The zero-order valence-electron chi connectivity index (χ0n) is 19.3. The van der Waals surface area contributed by atoms with Crippen LogP contribution < -0.4 is 0 Å². The molecule has 2 atom stereocenters. The van der Waals surface area contributed by atoms with Gasteiger partial charge in [0.2, 0.25) is 0 Å². The third-order valence-corrected chi connectivity index (χ3v) is 7.74. The molecule has 2 fully saturated rings. The van der Waals surface area contributed by atoms with E-state index in [0.29, 0.717) is 18.6 Å². The molecule has 1 heterocycles. The Morgan fingerprint density at radius 3 is 2.06 bits per heavy atom. The molecule has 1 unspecified atom stereocenters. The van der Waals surface area contributed by atoms with Crippen molar-refractivity contribution in [2.24, 2.45) is 5.92 Å². The first-order chi connectivity index (χ1) is 15.5. The summed E-state index contributed by atoms with van der Waals surface area (Å²) in [7, 11) is 0. The average molecular weight is 436 g/mol. The molecule has 0 spiro atoms. The summed E-state index contributed by atoms with van der Waals surface area (Å²) in [5.74, 6) is -0.585. The van der Waals surface area contributed by atoms with Crippen LogP contribution in [-0.2, 0) is 20.7 Å². The predicted molar refractivity (Wildman–Crippen MR) is 127 cm³/mol. The summed E-state index contributed by atoms with van der Waals surface area (Å²) < 4.78 is 5.88. The summed E-state index contributed by atoms with van der Waals surface area (Å²) in [4.78, 5) is 15.9. The van der Waals surface area contributed by atoms with Gasteiger partial charge in [0.15, 0.2) is 5.60 Å². The van der Waals surface area contributed by atoms with Crippen molar-refractivity contribution in [2.45, 2.75) is 69.4 Å². The minimum Gasteiger partial charge on any atom is -0.463 e. The molecule has 0 bridgehead atoms. The maximum atomic E-state index is 13.4. The molecule has 2 aromatic rings. The zero-order valence-corrected chi connectivity index (χ0v) is 19.3. The number of nitrogens with zero attached hydrogens (tertiary/aromatic N) is 1. The maximum absolute atomic E-state index is 13.4.